The van der Waals surface area contributed by atoms with Crippen molar-refractivity contribution in [2.45, 2.75) is 139 Å². The minimum atomic E-state index is -0.201. The van der Waals surface area contributed by atoms with Crippen LogP contribution in [0.15, 0.2) is 12.7 Å². The van der Waals surface area contributed by atoms with E-state index in [4.69, 9.17) is 0 Å². The van der Waals surface area contributed by atoms with Crippen LogP contribution >= 0.6 is 0 Å². The summed E-state index contributed by atoms with van der Waals surface area (Å²) in [5.74, 6) is 5.98. The molecule has 0 amide bonds. The van der Waals surface area contributed by atoms with Crippen molar-refractivity contribution in [2.24, 2.45) is 52.3 Å². The molecule has 2 heteroatoms. The van der Waals surface area contributed by atoms with Gasteiger partial charge in [0.15, 0.2) is 0 Å². The van der Waals surface area contributed by atoms with Gasteiger partial charge in [0.2, 0.25) is 0 Å². The summed E-state index contributed by atoms with van der Waals surface area (Å²) in [5, 5.41) is 10.7. The smallest absolute Gasteiger partial charge is 0.0602 e. The molecule has 34 heavy (non-hydrogen) atoms. The standard InChI is InChI=1S/C27H46O.C3H8.C2H6.H2O.3H2/c1-6-8-25(28)18(3)22-11-12-23-21-10-9-20-17-19(7-2)13-15-26(20,4)24(21)14-16-27(22,23)5;1-3-2;1-2;;;;/h6,18-25,28H,1,7-17H2,2-5H3;3H2,1-2H3;1-2H3;1H2;3*1H/t18-,19-,20+,21-,22?,23?,24?,25+,26-,27+;;;;;;/m0....../s1. The van der Waals surface area contributed by atoms with E-state index in [1.165, 1.54) is 70.6 Å². The summed E-state index contributed by atoms with van der Waals surface area (Å²) in [7, 11) is 0. The third-order valence-electron chi connectivity index (χ3n) is 11.1. The first-order valence-corrected chi connectivity index (χ1v) is 15.1. The molecule has 208 valence electrons. The average Bonchev–Trinajstić information content (AvgIpc) is 3.17. The second-order valence-corrected chi connectivity index (χ2v) is 12.6. The Morgan fingerprint density at radius 3 is 2.12 bits per heavy atom. The fourth-order valence-corrected chi connectivity index (χ4v) is 9.28. The summed E-state index contributed by atoms with van der Waals surface area (Å²) >= 11 is 0. The maximum Gasteiger partial charge on any atom is 0.0602 e. The highest BCUT2D eigenvalue weighted by Gasteiger charge is 2.60. The van der Waals surface area contributed by atoms with Gasteiger partial charge in [0.25, 0.3) is 0 Å². The first-order valence-electron chi connectivity index (χ1n) is 15.1. The number of fused-ring (bicyclic) bond motifs is 5. The zero-order chi connectivity index (χ0) is 24.8. The molecule has 0 aliphatic heterocycles. The van der Waals surface area contributed by atoms with Gasteiger partial charge in [-0.1, -0.05) is 74.3 Å². The largest absolute Gasteiger partial charge is 0.412 e. The van der Waals surface area contributed by atoms with Crippen molar-refractivity contribution in [1.82, 2.24) is 0 Å². The van der Waals surface area contributed by atoms with E-state index < -0.39 is 0 Å². The molecule has 0 aromatic carbocycles. The molecule has 2 nitrogen and oxygen atoms in total. The normalized spacial score (nSPS) is 42.0. The SMILES string of the molecule is C=CC[C@@H](O)[C@@H](C)C1CCC2[C@@H]3CC[C@@H]4C[C@@H](CC)CC[C@]4(C)C3CC[C@@]21C.CC.CCC.O.[HH].[HH].[HH]. The predicted octanol–water partition coefficient (Wildman–Crippen LogP) is 9.60. The highest BCUT2D eigenvalue weighted by atomic mass is 16.3. The van der Waals surface area contributed by atoms with Gasteiger partial charge < -0.3 is 10.6 Å². The second kappa shape index (κ2) is 13.8. The molecule has 4 aliphatic carbocycles. The molecule has 4 saturated carbocycles. The molecule has 3 unspecified atom stereocenters. The van der Waals surface area contributed by atoms with Gasteiger partial charge in [0.05, 0.1) is 6.10 Å². The van der Waals surface area contributed by atoms with Crippen LogP contribution in [0.3, 0.4) is 0 Å². The van der Waals surface area contributed by atoms with Gasteiger partial charge in [-0.15, -0.1) is 6.58 Å². The molecule has 4 fully saturated rings. The van der Waals surface area contributed by atoms with Gasteiger partial charge in [-0.25, -0.2) is 0 Å². The highest BCUT2D eigenvalue weighted by molar-refractivity contribution is 5.10. The number of aliphatic hydroxyl groups excluding tert-OH is 1. The maximum absolute atomic E-state index is 10.7. The first kappa shape index (κ1) is 31.7. The predicted molar refractivity (Wildman–Crippen MR) is 156 cm³/mol. The summed E-state index contributed by atoms with van der Waals surface area (Å²) < 4.78 is 0. The summed E-state index contributed by atoms with van der Waals surface area (Å²) in [6, 6.07) is 0. The van der Waals surface area contributed by atoms with Crippen molar-refractivity contribution >= 4 is 0 Å². The monoisotopic (exact) mass is 485 g/mol. The van der Waals surface area contributed by atoms with Crippen molar-refractivity contribution in [3.05, 3.63) is 12.7 Å². The Hall–Kier alpha value is -0.340. The molecule has 3 N–H and O–H groups in total. The van der Waals surface area contributed by atoms with Gasteiger partial charge in [-0.2, -0.15) is 0 Å². The van der Waals surface area contributed by atoms with E-state index in [-0.39, 0.29) is 15.9 Å². The van der Waals surface area contributed by atoms with Crippen molar-refractivity contribution in [3.63, 3.8) is 0 Å². The number of rotatable bonds is 5. The van der Waals surface area contributed by atoms with E-state index >= 15 is 0 Å². The number of hydrogen-bond acceptors (Lipinski definition) is 1. The van der Waals surface area contributed by atoms with Crippen LogP contribution in [-0.4, -0.2) is 16.7 Å². The highest BCUT2D eigenvalue weighted by Crippen LogP contribution is 2.68. The van der Waals surface area contributed by atoms with Crippen LogP contribution in [0.25, 0.3) is 0 Å². The second-order valence-electron chi connectivity index (χ2n) is 12.6. The molecular formula is C32H68O2. The number of aliphatic hydroxyl groups is 1. The molecule has 0 heterocycles. The van der Waals surface area contributed by atoms with E-state index in [0.717, 1.165) is 36.0 Å². The van der Waals surface area contributed by atoms with Gasteiger partial charge in [0, 0.05) is 4.28 Å². The summed E-state index contributed by atoms with van der Waals surface area (Å²) in [4.78, 5) is 0. The average molecular weight is 485 g/mol. The van der Waals surface area contributed by atoms with Crippen LogP contribution in [0.4, 0.5) is 0 Å². The third-order valence-corrected chi connectivity index (χ3v) is 11.1. The first-order chi connectivity index (χ1) is 15.8. The van der Waals surface area contributed by atoms with E-state index in [1.807, 2.05) is 19.9 Å². The molecule has 10 atom stereocenters. The molecule has 0 bridgehead atoms. The van der Waals surface area contributed by atoms with Gasteiger partial charge in [0.1, 0.15) is 0 Å². The van der Waals surface area contributed by atoms with Crippen molar-refractivity contribution < 1.29 is 14.9 Å². The Morgan fingerprint density at radius 1 is 0.941 bits per heavy atom. The van der Waals surface area contributed by atoms with Crippen LogP contribution in [0.5, 0.6) is 0 Å². The fourth-order valence-electron chi connectivity index (χ4n) is 9.28. The molecule has 4 rings (SSSR count). The Labute approximate surface area is 218 Å². The zero-order valence-corrected chi connectivity index (χ0v) is 24.3. The molecule has 0 aromatic heterocycles. The van der Waals surface area contributed by atoms with Crippen LogP contribution < -0.4 is 0 Å². The van der Waals surface area contributed by atoms with Crippen LogP contribution in [0.1, 0.15) is 137 Å². The molecule has 0 spiro atoms. The Kier molecular flexibility index (Phi) is 12.9. The van der Waals surface area contributed by atoms with Crippen molar-refractivity contribution in [3.8, 4) is 0 Å². The molecule has 0 aromatic rings. The molecule has 4 aliphatic rings. The molecule has 0 radical (unpaired) electrons. The van der Waals surface area contributed by atoms with Crippen LogP contribution in [0.2, 0.25) is 0 Å². The van der Waals surface area contributed by atoms with E-state index in [2.05, 4.69) is 48.1 Å². The lowest BCUT2D eigenvalue weighted by atomic mass is 9.44. The molecule has 0 saturated heterocycles. The lowest BCUT2D eigenvalue weighted by Crippen LogP contribution is -2.54. The Morgan fingerprint density at radius 2 is 1.53 bits per heavy atom. The van der Waals surface area contributed by atoms with Crippen LogP contribution in [-0.2, 0) is 0 Å². The summed E-state index contributed by atoms with van der Waals surface area (Å²) in [5.41, 5.74) is 1.09. The van der Waals surface area contributed by atoms with Crippen LogP contribution in [0, 0.1) is 52.3 Å². The lowest BCUT2D eigenvalue weighted by molar-refractivity contribution is -0.124. The summed E-state index contributed by atoms with van der Waals surface area (Å²) in [6.45, 7) is 22.2. The minimum Gasteiger partial charge on any atom is -0.412 e. The zero-order valence-electron chi connectivity index (χ0n) is 24.3. The summed E-state index contributed by atoms with van der Waals surface area (Å²) in [6.07, 6.45) is 18.2. The van der Waals surface area contributed by atoms with E-state index in [9.17, 15) is 5.11 Å². The lowest BCUT2D eigenvalue weighted by Gasteiger charge is -2.61. The quantitative estimate of drug-likeness (QED) is 0.388. The topological polar surface area (TPSA) is 51.7 Å². The third kappa shape index (κ3) is 5.96. The van der Waals surface area contributed by atoms with Gasteiger partial charge in [-0.3, -0.25) is 0 Å². The van der Waals surface area contributed by atoms with Crippen molar-refractivity contribution in [1.29, 1.82) is 0 Å². The number of hydrogen-bond donors (Lipinski definition) is 1. The van der Waals surface area contributed by atoms with Gasteiger partial charge >= 0.3 is 0 Å². The molecular weight excluding hydrogens is 416 g/mol. The Balaban J connectivity index is -0.00000120. The maximum atomic E-state index is 10.7. The Bertz CT molecular complexity index is 603. The van der Waals surface area contributed by atoms with Crippen molar-refractivity contribution in [2.75, 3.05) is 0 Å². The van der Waals surface area contributed by atoms with Gasteiger partial charge in [-0.05, 0) is 116 Å². The fraction of sp³-hybridized carbons (Fsp3) is 0.938. The minimum absolute atomic E-state index is 0. The van der Waals surface area contributed by atoms with E-state index in [1.54, 1.807) is 0 Å². The van der Waals surface area contributed by atoms with E-state index in [0.29, 0.717) is 22.7 Å².